The van der Waals surface area contributed by atoms with Crippen molar-refractivity contribution >= 4 is 11.8 Å². The minimum atomic E-state index is 0.709. The van der Waals surface area contributed by atoms with E-state index in [9.17, 15) is 0 Å². The molecule has 1 unspecified atom stereocenters. The first-order valence-corrected chi connectivity index (χ1v) is 7.90. The van der Waals surface area contributed by atoms with E-state index < -0.39 is 0 Å². The van der Waals surface area contributed by atoms with Gasteiger partial charge in [0.2, 0.25) is 0 Å². The third-order valence-corrected chi connectivity index (χ3v) is 4.36. The molecule has 2 rings (SSSR count). The summed E-state index contributed by atoms with van der Waals surface area (Å²) in [5.41, 5.74) is 1.44. The fourth-order valence-electron chi connectivity index (χ4n) is 2.61. The number of rotatable bonds is 5. The SMILES string of the molecule is CSCC(C)Cn1cncc1C1CCNCC1. The summed E-state index contributed by atoms with van der Waals surface area (Å²) in [5.74, 6) is 2.66. The van der Waals surface area contributed by atoms with Gasteiger partial charge in [0.25, 0.3) is 0 Å². The summed E-state index contributed by atoms with van der Waals surface area (Å²) in [6.07, 6.45) is 8.76. The molecule has 1 aromatic rings. The molecule has 1 aliphatic heterocycles. The molecule has 1 atom stereocenters. The van der Waals surface area contributed by atoms with Crippen LogP contribution < -0.4 is 5.32 Å². The maximum atomic E-state index is 4.35. The van der Waals surface area contributed by atoms with Crippen molar-refractivity contribution in [2.24, 2.45) is 5.92 Å². The summed E-state index contributed by atoms with van der Waals surface area (Å²) >= 11 is 1.93. The third kappa shape index (κ3) is 3.49. The summed E-state index contributed by atoms with van der Waals surface area (Å²) in [4.78, 5) is 4.35. The molecule has 0 spiro atoms. The van der Waals surface area contributed by atoms with Crippen LogP contribution in [0.15, 0.2) is 12.5 Å². The second-order valence-electron chi connectivity index (χ2n) is 5.06. The number of imidazole rings is 1. The molecule has 0 amide bonds. The minimum Gasteiger partial charge on any atom is -0.334 e. The molecule has 1 fully saturated rings. The lowest BCUT2D eigenvalue weighted by molar-refractivity contribution is 0.425. The number of thioether (sulfide) groups is 1. The molecule has 17 heavy (non-hydrogen) atoms. The normalized spacial score (nSPS) is 19.4. The van der Waals surface area contributed by atoms with Crippen LogP contribution in [-0.4, -0.2) is 34.6 Å². The lowest BCUT2D eigenvalue weighted by Gasteiger charge is -2.24. The average Bonchev–Trinajstić information content (AvgIpc) is 2.78. The van der Waals surface area contributed by atoms with Gasteiger partial charge in [-0.1, -0.05) is 6.92 Å². The molecule has 0 aromatic carbocycles. The number of hydrogen-bond acceptors (Lipinski definition) is 3. The van der Waals surface area contributed by atoms with Crippen LogP contribution in [0.1, 0.15) is 31.4 Å². The number of hydrogen-bond donors (Lipinski definition) is 1. The maximum absolute atomic E-state index is 4.35. The zero-order valence-electron chi connectivity index (χ0n) is 10.9. The van der Waals surface area contributed by atoms with Gasteiger partial charge in [-0.2, -0.15) is 11.8 Å². The highest BCUT2D eigenvalue weighted by Crippen LogP contribution is 2.25. The van der Waals surface area contributed by atoms with Crippen LogP contribution in [0, 0.1) is 5.92 Å². The van der Waals surface area contributed by atoms with Crippen LogP contribution in [0.25, 0.3) is 0 Å². The molecule has 0 radical (unpaired) electrons. The summed E-state index contributed by atoms with van der Waals surface area (Å²) in [5, 5.41) is 3.42. The van der Waals surface area contributed by atoms with Gasteiger partial charge in [-0.3, -0.25) is 0 Å². The van der Waals surface area contributed by atoms with Crippen molar-refractivity contribution in [3.05, 3.63) is 18.2 Å². The second kappa shape index (κ2) is 6.45. The van der Waals surface area contributed by atoms with Crippen LogP contribution in [-0.2, 0) is 6.54 Å². The Morgan fingerprint density at radius 2 is 2.29 bits per heavy atom. The number of nitrogens with zero attached hydrogens (tertiary/aromatic N) is 2. The van der Waals surface area contributed by atoms with Gasteiger partial charge in [-0.15, -0.1) is 0 Å². The van der Waals surface area contributed by atoms with E-state index in [0.717, 1.165) is 25.6 Å². The van der Waals surface area contributed by atoms with Gasteiger partial charge in [0.15, 0.2) is 0 Å². The first kappa shape index (κ1) is 13.0. The zero-order valence-corrected chi connectivity index (χ0v) is 11.7. The maximum Gasteiger partial charge on any atom is 0.0948 e. The van der Waals surface area contributed by atoms with Gasteiger partial charge in [0.1, 0.15) is 0 Å². The van der Waals surface area contributed by atoms with Gasteiger partial charge in [0.05, 0.1) is 6.33 Å². The number of nitrogens with one attached hydrogen (secondary N) is 1. The molecule has 4 heteroatoms. The highest BCUT2D eigenvalue weighted by atomic mass is 32.2. The lowest BCUT2D eigenvalue weighted by atomic mass is 9.95. The van der Waals surface area contributed by atoms with Gasteiger partial charge in [0, 0.05) is 24.4 Å². The molecular weight excluding hydrogens is 230 g/mol. The van der Waals surface area contributed by atoms with E-state index in [1.165, 1.54) is 24.3 Å². The Labute approximate surface area is 108 Å². The highest BCUT2D eigenvalue weighted by Gasteiger charge is 2.19. The van der Waals surface area contributed by atoms with Crippen LogP contribution in [0.5, 0.6) is 0 Å². The largest absolute Gasteiger partial charge is 0.334 e. The Balaban J connectivity index is 2.00. The quantitative estimate of drug-likeness (QED) is 0.873. The molecule has 1 aromatic heterocycles. The molecule has 3 nitrogen and oxygen atoms in total. The van der Waals surface area contributed by atoms with E-state index >= 15 is 0 Å². The van der Waals surface area contributed by atoms with Crippen molar-refractivity contribution in [2.75, 3.05) is 25.1 Å². The van der Waals surface area contributed by atoms with E-state index in [4.69, 9.17) is 0 Å². The molecule has 2 heterocycles. The topological polar surface area (TPSA) is 29.9 Å². The van der Waals surface area contributed by atoms with Crippen molar-refractivity contribution in [2.45, 2.75) is 32.2 Å². The second-order valence-corrected chi connectivity index (χ2v) is 5.97. The van der Waals surface area contributed by atoms with Crippen molar-refractivity contribution in [1.82, 2.24) is 14.9 Å². The van der Waals surface area contributed by atoms with E-state index in [2.05, 4.69) is 34.2 Å². The fourth-order valence-corrected chi connectivity index (χ4v) is 3.29. The molecule has 96 valence electrons. The van der Waals surface area contributed by atoms with E-state index in [0.29, 0.717) is 5.92 Å². The van der Waals surface area contributed by atoms with Crippen molar-refractivity contribution in [1.29, 1.82) is 0 Å². The molecule has 0 bridgehead atoms. The Bertz CT molecular complexity index is 331. The Morgan fingerprint density at radius 3 is 3.00 bits per heavy atom. The molecular formula is C13H23N3S. The van der Waals surface area contributed by atoms with Gasteiger partial charge >= 0.3 is 0 Å². The number of piperidine rings is 1. The molecule has 1 N–H and O–H groups in total. The first-order valence-electron chi connectivity index (χ1n) is 6.51. The standard InChI is InChI=1S/C13H23N3S/c1-11(9-17-2)8-16-10-15-7-13(16)12-3-5-14-6-4-12/h7,10-12,14H,3-6,8-9H2,1-2H3. The van der Waals surface area contributed by atoms with Crippen molar-refractivity contribution in [3.63, 3.8) is 0 Å². The molecule has 1 aliphatic rings. The third-order valence-electron chi connectivity index (χ3n) is 3.46. The Kier molecular flexibility index (Phi) is 4.92. The van der Waals surface area contributed by atoms with Crippen LogP contribution in [0.3, 0.4) is 0 Å². The Morgan fingerprint density at radius 1 is 1.53 bits per heavy atom. The smallest absolute Gasteiger partial charge is 0.0948 e. The molecule has 0 aliphatic carbocycles. The number of aromatic nitrogens is 2. The highest BCUT2D eigenvalue weighted by molar-refractivity contribution is 7.98. The summed E-state index contributed by atoms with van der Waals surface area (Å²) in [6, 6.07) is 0. The zero-order chi connectivity index (χ0) is 12.1. The van der Waals surface area contributed by atoms with Crippen molar-refractivity contribution < 1.29 is 0 Å². The van der Waals surface area contributed by atoms with Crippen molar-refractivity contribution in [3.8, 4) is 0 Å². The summed E-state index contributed by atoms with van der Waals surface area (Å²) in [6.45, 7) is 5.73. The van der Waals surface area contributed by atoms with Gasteiger partial charge < -0.3 is 9.88 Å². The minimum absolute atomic E-state index is 0.709. The van der Waals surface area contributed by atoms with Gasteiger partial charge in [-0.25, -0.2) is 4.98 Å². The predicted octanol–water partition coefficient (Wildman–Crippen LogP) is 2.35. The predicted molar refractivity (Wildman–Crippen MR) is 74.6 cm³/mol. The van der Waals surface area contributed by atoms with E-state index in [1.807, 2.05) is 18.1 Å². The summed E-state index contributed by atoms with van der Waals surface area (Å²) < 4.78 is 2.37. The Hall–Kier alpha value is -0.480. The fraction of sp³-hybridized carbons (Fsp3) is 0.769. The van der Waals surface area contributed by atoms with Crippen LogP contribution in [0.4, 0.5) is 0 Å². The lowest BCUT2D eigenvalue weighted by Crippen LogP contribution is -2.28. The molecule has 0 saturated carbocycles. The van der Waals surface area contributed by atoms with Crippen LogP contribution in [0.2, 0.25) is 0 Å². The summed E-state index contributed by atoms with van der Waals surface area (Å²) in [7, 11) is 0. The first-order chi connectivity index (χ1) is 8.31. The van der Waals surface area contributed by atoms with E-state index in [1.54, 1.807) is 0 Å². The van der Waals surface area contributed by atoms with Crippen LogP contribution >= 0.6 is 11.8 Å². The average molecular weight is 253 g/mol. The monoisotopic (exact) mass is 253 g/mol. The van der Waals surface area contributed by atoms with E-state index in [-0.39, 0.29) is 0 Å². The van der Waals surface area contributed by atoms with Gasteiger partial charge in [-0.05, 0) is 43.9 Å². The molecule has 1 saturated heterocycles.